The number of nitrogens with zero attached hydrogens (tertiary/aromatic N) is 2. The summed E-state index contributed by atoms with van der Waals surface area (Å²) in [4.78, 5) is 20.3. The number of H-pyrrole nitrogens is 1. The van der Waals surface area contributed by atoms with Gasteiger partial charge in [-0.2, -0.15) is 0 Å². The molecule has 1 aromatic carbocycles. The van der Waals surface area contributed by atoms with E-state index in [1.54, 1.807) is 37.6 Å². The van der Waals surface area contributed by atoms with Crippen LogP contribution in [0.2, 0.25) is 0 Å². The second-order valence-corrected chi connectivity index (χ2v) is 6.19. The smallest absolute Gasteiger partial charge is 0.241 e. The molecule has 0 radical (unpaired) electrons. The van der Waals surface area contributed by atoms with Crippen LogP contribution in [0.25, 0.3) is 0 Å². The van der Waals surface area contributed by atoms with Crippen molar-refractivity contribution in [3.8, 4) is 0 Å². The first kappa shape index (κ1) is 15.2. The molecule has 0 atom stereocenters. The zero-order valence-electron chi connectivity index (χ0n) is 11.5. The molecule has 2 N–H and O–H groups in total. The number of imidazole rings is 1. The maximum absolute atomic E-state index is 12.0. The van der Waals surface area contributed by atoms with Gasteiger partial charge in [0.15, 0.2) is 0 Å². The van der Waals surface area contributed by atoms with E-state index >= 15 is 0 Å². The first-order chi connectivity index (χ1) is 9.99. The number of benzene rings is 1. The van der Waals surface area contributed by atoms with Crippen LogP contribution in [0.15, 0.2) is 47.6 Å². The number of sulfonamides is 1. The summed E-state index contributed by atoms with van der Waals surface area (Å²) in [5.41, 5.74) is 0. The zero-order valence-corrected chi connectivity index (χ0v) is 12.3. The van der Waals surface area contributed by atoms with E-state index in [1.807, 2.05) is 0 Å². The predicted octanol–water partition coefficient (Wildman–Crippen LogP) is 0.347. The first-order valence-electron chi connectivity index (χ1n) is 6.26. The van der Waals surface area contributed by atoms with E-state index in [-0.39, 0.29) is 17.3 Å². The van der Waals surface area contributed by atoms with Crippen LogP contribution in [0, 0.1) is 0 Å². The van der Waals surface area contributed by atoms with E-state index in [1.165, 1.54) is 17.0 Å². The zero-order chi connectivity index (χ0) is 15.3. The average molecular weight is 308 g/mol. The van der Waals surface area contributed by atoms with E-state index < -0.39 is 10.0 Å². The summed E-state index contributed by atoms with van der Waals surface area (Å²) in [6.07, 6.45) is 3.25. The van der Waals surface area contributed by atoms with Gasteiger partial charge in [0.05, 0.1) is 18.0 Å². The Bertz CT molecular complexity index is 683. The van der Waals surface area contributed by atoms with Crippen molar-refractivity contribution in [2.45, 2.75) is 11.4 Å². The van der Waals surface area contributed by atoms with Crippen molar-refractivity contribution >= 4 is 15.9 Å². The third kappa shape index (κ3) is 4.14. The number of hydrogen-bond donors (Lipinski definition) is 2. The summed E-state index contributed by atoms with van der Waals surface area (Å²) in [6.45, 7) is -0.00661. The van der Waals surface area contributed by atoms with Crippen molar-refractivity contribution in [1.82, 2.24) is 19.6 Å². The lowest BCUT2D eigenvalue weighted by Gasteiger charge is -2.16. The minimum atomic E-state index is -3.67. The number of hydrogen-bond acceptors (Lipinski definition) is 4. The van der Waals surface area contributed by atoms with Crippen LogP contribution in [-0.4, -0.2) is 42.8 Å². The van der Waals surface area contributed by atoms with Crippen molar-refractivity contribution in [3.63, 3.8) is 0 Å². The molecule has 0 unspecified atom stereocenters. The molecule has 1 aromatic heterocycles. The van der Waals surface area contributed by atoms with E-state index in [4.69, 9.17) is 0 Å². The van der Waals surface area contributed by atoms with Gasteiger partial charge >= 0.3 is 0 Å². The van der Waals surface area contributed by atoms with E-state index in [9.17, 15) is 13.2 Å². The molecule has 0 spiro atoms. The van der Waals surface area contributed by atoms with Gasteiger partial charge in [-0.3, -0.25) is 4.79 Å². The van der Waals surface area contributed by atoms with Gasteiger partial charge < -0.3 is 9.88 Å². The normalized spacial score (nSPS) is 11.3. The molecule has 0 aliphatic heterocycles. The molecule has 0 aliphatic carbocycles. The lowest BCUT2D eigenvalue weighted by Crippen LogP contribution is -2.37. The van der Waals surface area contributed by atoms with Gasteiger partial charge in [-0.05, 0) is 12.1 Å². The van der Waals surface area contributed by atoms with Crippen molar-refractivity contribution in [1.29, 1.82) is 0 Å². The highest BCUT2D eigenvalue weighted by Crippen LogP contribution is 2.06. The molecule has 0 saturated carbocycles. The summed E-state index contributed by atoms with van der Waals surface area (Å²) in [5, 5.41) is 0. The Morgan fingerprint density at radius 3 is 2.67 bits per heavy atom. The van der Waals surface area contributed by atoms with Gasteiger partial charge in [0.25, 0.3) is 0 Å². The fourth-order valence-electron chi connectivity index (χ4n) is 1.67. The van der Waals surface area contributed by atoms with Crippen LogP contribution in [0.5, 0.6) is 0 Å². The fraction of sp³-hybridized carbons (Fsp3) is 0.231. The highest BCUT2D eigenvalue weighted by molar-refractivity contribution is 7.89. The fourth-order valence-corrected chi connectivity index (χ4v) is 2.67. The molecule has 112 valence electrons. The quantitative estimate of drug-likeness (QED) is 0.805. The van der Waals surface area contributed by atoms with E-state index in [0.717, 1.165) is 0 Å². The highest BCUT2D eigenvalue weighted by atomic mass is 32.2. The molecule has 0 fully saturated rings. The second kappa shape index (κ2) is 6.51. The molecule has 1 heterocycles. The van der Waals surface area contributed by atoms with Crippen LogP contribution < -0.4 is 4.72 Å². The second-order valence-electron chi connectivity index (χ2n) is 4.42. The SMILES string of the molecule is CN(Cc1ncc[nH]1)C(=O)CNS(=O)(=O)c1ccccc1. The summed E-state index contributed by atoms with van der Waals surface area (Å²) in [6, 6.07) is 7.92. The number of carbonyl (C=O) groups is 1. The topological polar surface area (TPSA) is 95.2 Å². The number of aromatic nitrogens is 2. The summed E-state index contributed by atoms with van der Waals surface area (Å²) in [5.74, 6) is 0.294. The van der Waals surface area contributed by atoms with Crippen LogP contribution >= 0.6 is 0 Å². The maximum Gasteiger partial charge on any atom is 0.241 e. The molecule has 2 aromatic rings. The molecular weight excluding hydrogens is 292 g/mol. The number of carbonyl (C=O) groups excluding carboxylic acids is 1. The summed E-state index contributed by atoms with van der Waals surface area (Å²) in [7, 11) is -2.09. The van der Waals surface area contributed by atoms with Crippen LogP contribution in [0.3, 0.4) is 0 Å². The monoisotopic (exact) mass is 308 g/mol. The largest absolute Gasteiger partial charge is 0.347 e. The first-order valence-corrected chi connectivity index (χ1v) is 7.74. The Kier molecular flexibility index (Phi) is 4.71. The van der Waals surface area contributed by atoms with Crippen LogP contribution in [-0.2, 0) is 21.4 Å². The molecule has 1 amide bonds. The average Bonchev–Trinajstić information content (AvgIpc) is 2.98. The van der Waals surface area contributed by atoms with E-state index in [2.05, 4.69) is 14.7 Å². The number of amides is 1. The highest BCUT2D eigenvalue weighted by Gasteiger charge is 2.17. The number of rotatable bonds is 6. The number of likely N-dealkylation sites (N-methyl/N-ethyl adjacent to an activating group) is 1. The Labute approximate surface area is 123 Å². The van der Waals surface area contributed by atoms with Crippen molar-refractivity contribution in [3.05, 3.63) is 48.5 Å². The third-order valence-electron chi connectivity index (χ3n) is 2.83. The van der Waals surface area contributed by atoms with Crippen molar-refractivity contribution in [2.24, 2.45) is 0 Å². The van der Waals surface area contributed by atoms with Gasteiger partial charge in [0.2, 0.25) is 15.9 Å². The summed E-state index contributed by atoms with van der Waals surface area (Å²) < 4.78 is 26.2. The van der Waals surface area contributed by atoms with Crippen LogP contribution in [0.1, 0.15) is 5.82 Å². The lowest BCUT2D eigenvalue weighted by atomic mass is 10.4. The molecule has 2 rings (SSSR count). The Morgan fingerprint density at radius 1 is 1.33 bits per heavy atom. The molecule has 0 aliphatic rings. The Hall–Kier alpha value is -2.19. The molecule has 0 saturated heterocycles. The number of nitrogens with one attached hydrogen (secondary N) is 2. The Morgan fingerprint density at radius 2 is 2.05 bits per heavy atom. The molecule has 7 nitrogen and oxygen atoms in total. The van der Waals surface area contributed by atoms with Crippen molar-refractivity contribution in [2.75, 3.05) is 13.6 Å². The molecule has 21 heavy (non-hydrogen) atoms. The van der Waals surface area contributed by atoms with E-state index in [0.29, 0.717) is 12.4 Å². The molecule has 0 bridgehead atoms. The molecular formula is C13H16N4O3S. The van der Waals surface area contributed by atoms with Gasteiger partial charge in [0.1, 0.15) is 5.82 Å². The third-order valence-corrected chi connectivity index (χ3v) is 4.25. The van der Waals surface area contributed by atoms with Gasteiger partial charge in [-0.25, -0.2) is 18.1 Å². The lowest BCUT2D eigenvalue weighted by molar-refractivity contribution is -0.129. The number of aromatic amines is 1. The maximum atomic E-state index is 12.0. The molecule has 8 heteroatoms. The van der Waals surface area contributed by atoms with Gasteiger partial charge in [0, 0.05) is 19.4 Å². The predicted molar refractivity (Wildman–Crippen MR) is 76.7 cm³/mol. The van der Waals surface area contributed by atoms with Gasteiger partial charge in [-0.15, -0.1) is 0 Å². The Balaban J connectivity index is 1.91. The van der Waals surface area contributed by atoms with Crippen LogP contribution in [0.4, 0.5) is 0 Å². The van der Waals surface area contributed by atoms with Gasteiger partial charge in [-0.1, -0.05) is 18.2 Å². The minimum absolute atomic E-state index is 0.131. The standard InChI is InChI=1S/C13H16N4O3S/c1-17(10-12-14-7-8-15-12)13(18)9-16-21(19,20)11-5-3-2-4-6-11/h2-8,16H,9-10H2,1H3,(H,14,15). The summed E-state index contributed by atoms with van der Waals surface area (Å²) >= 11 is 0. The van der Waals surface area contributed by atoms with Crippen molar-refractivity contribution < 1.29 is 13.2 Å². The minimum Gasteiger partial charge on any atom is -0.347 e.